The highest BCUT2D eigenvalue weighted by Crippen LogP contribution is 2.33. The molecule has 0 spiro atoms. The molecule has 0 aliphatic rings. The van der Waals surface area contributed by atoms with E-state index in [9.17, 15) is 4.79 Å². The van der Waals surface area contributed by atoms with E-state index < -0.39 is 0 Å². The van der Waals surface area contributed by atoms with Gasteiger partial charge in [-0.2, -0.15) is 0 Å². The van der Waals surface area contributed by atoms with Gasteiger partial charge in [0, 0.05) is 21.0 Å². The first-order chi connectivity index (χ1) is 12.8. The van der Waals surface area contributed by atoms with Crippen molar-refractivity contribution < 1.29 is 4.42 Å². The molecule has 136 valence electrons. The van der Waals surface area contributed by atoms with Gasteiger partial charge in [0.15, 0.2) is 0 Å². The summed E-state index contributed by atoms with van der Waals surface area (Å²) in [6.45, 7) is 6.51. The Balaban J connectivity index is 1.79. The minimum atomic E-state index is -0.353. The predicted molar refractivity (Wildman–Crippen MR) is 115 cm³/mol. The number of aromatic nitrogens is 1. The number of hydrogen-bond acceptors (Lipinski definition) is 4. The molecule has 4 rings (SSSR count). The number of thiophene rings is 1. The second kappa shape index (κ2) is 6.73. The summed E-state index contributed by atoms with van der Waals surface area (Å²) < 4.78 is 6.57. The van der Waals surface area contributed by atoms with Crippen molar-refractivity contribution in [3.05, 3.63) is 74.4 Å². The van der Waals surface area contributed by atoms with Gasteiger partial charge >= 0.3 is 5.63 Å². The quantitative estimate of drug-likeness (QED) is 0.351. The van der Waals surface area contributed by atoms with Crippen LogP contribution in [0.2, 0.25) is 0 Å². The van der Waals surface area contributed by atoms with Crippen LogP contribution in [-0.2, 0) is 5.41 Å². The molecule has 2 aromatic carbocycles. The first kappa shape index (κ1) is 18.1. The Bertz CT molecular complexity index is 1170. The molecular formula is C22H18BrNO2S. The lowest BCUT2D eigenvalue weighted by molar-refractivity contribution is 0.519. The molecule has 0 amide bonds. The summed E-state index contributed by atoms with van der Waals surface area (Å²) in [5.41, 5.74) is 3.58. The van der Waals surface area contributed by atoms with E-state index in [1.165, 1.54) is 16.9 Å². The topological polar surface area (TPSA) is 43.1 Å². The molecule has 0 N–H and O–H groups in total. The van der Waals surface area contributed by atoms with Gasteiger partial charge in [0.1, 0.15) is 10.2 Å². The fraction of sp³-hybridized carbons (Fsp3) is 0.182. The lowest BCUT2D eigenvalue weighted by Gasteiger charge is -2.18. The number of nitrogens with zero attached hydrogens (tertiary/aromatic N) is 1. The van der Waals surface area contributed by atoms with Crippen LogP contribution >= 0.6 is 27.3 Å². The van der Waals surface area contributed by atoms with Crippen molar-refractivity contribution in [2.75, 3.05) is 0 Å². The summed E-state index contributed by atoms with van der Waals surface area (Å²) in [7, 11) is 0. The largest absolute Gasteiger partial charge is 0.403 e. The van der Waals surface area contributed by atoms with Gasteiger partial charge in [-0.05, 0) is 40.8 Å². The van der Waals surface area contributed by atoms with Crippen LogP contribution in [0.15, 0.2) is 67.6 Å². The van der Waals surface area contributed by atoms with Crippen molar-refractivity contribution in [3.63, 3.8) is 0 Å². The fourth-order valence-corrected chi connectivity index (χ4v) is 4.15. The van der Waals surface area contributed by atoms with Crippen molar-refractivity contribution >= 4 is 37.5 Å². The monoisotopic (exact) mass is 439 g/mol. The van der Waals surface area contributed by atoms with Gasteiger partial charge in [0.2, 0.25) is 5.89 Å². The smallest absolute Gasteiger partial charge is 0.348 e. The lowest BCUT2D eigenvalue weighted by Crippen LogP contribution is -2.10. The van der Waals surface area contributed by atoms with Crippen molar-refractivity contribution in [3.8, 4) is 22.6 Å². The summed E-state index contributed by atoms with van der Waals surface area (Å²) >= 11 is 4.90. The molecule has 27 heavy (non-hydrogen) atoms. The molecule has 0 atom stereocenters. The Morgan fingerprint density at radius 3 is 2.22 bits per heavy atom. The zero-order valence-corrected chi connectivity index (χ0v) is 17.6. The zero-order chi connectivity index (χ0) is 19.2. The maximum absolute atomic E-state index is 12.7. The van der Waals surface area contributed by atoms with E-state index in [2.05, 4.69) is 53.8 Å². The van der Waals surface area contributed by atoms with Crippen molar-refractivity contribution in [2.45, 2.75) is 26.2 Å². The molecule has 0 saturated heterocycles. The fourth-order valence-electron chi connectivity index (χ4n) is 2.96. The summed E-state index contributed by atoms with van der Waals surface area (Å²) in [5.74, 6) is 0.358. The number of rotatable bonds is 2. The first-order valence-electron chi connectivity index (χ1n) is 8.62. The molecule has 2 aromatic heterocycles. The van der Waals surface area contributed by atoms with Crippen LogP contribution in [0.25, 0.3) is 32.8 Å². The number of halogens is 1. The van der Waals surface area contributed by atoms with Crippen LogP contribution in [0, 0.1) is 0 Å². The second-order valence-corrected chi connectivity index (χ2v) is 9.24. The molecular weight excluding hydrogens is 422 g/mol. The molecule has 0 unspecified atom stereocenters. The summed E-state index contributed by atoms with van der Waals surface area (Å²) in [6.07, 6.45) is 0. The Morgan fingerprint density at radius 1 is 0.963 bits per heavy atom. The highest BCUT2D eigenvalue weighted by molar-refractivity contribution is 9.10. The van der Waals surface area contributed by atoms with E-state index in [1.54, 1.807) is 0 Å². The Labute approximate surface area is 169 Å². The van der Waals surface area contributed by atoms with Gasteiger partial charge in [-0.25, -0.2) is 9.78 Å². The minimum absolute atomic E-state index is 0.0735. The number of benzene rings is 2. The summed E-state index contributed by atoms with van der Waals surface area (Å²) in [5, 5.41) is 2.50. The molecule has 0 bridgehead atoms. The maximum atomic E-state index is 12.7. The molecule has 3 nitrogen and oxygen atoms in total. The highest BCUT2D eigenvalue weighted by Gasteiger charge is 2.17. The van der Waals surface area contributed by atoms with Crippen molar-refractivity contribution in [1.29, 1.82) is 0 Å². The van der Waals surface area contributed by atoms with Gasteiger partial charge in [-0.1, -0.05) is 61.0 Å². The average molecular weight is 440 g/mol. The molecule has 5 heteroatoms. The molecule has 4 aromatic rings. The zero-order valence-electron chi connectivity index (χ0n) is 15.2. The summed E-state index contributed by atoms with van der Waals surface area (Å²) in [6, 6.07) is 15.9. The number of hydrogen-bond donors (Lipinski definition) is 0. The average Bonchev–Trinajstić information content (AvgIpc) is 3.06. The van der Waals surface area contributed by atoms with Gasteiger partial charge in [0.25, 0.3) is 0 Å². The van der Waals surface area contributed by atoms with Gasteiger partial charge in [-0.15, -0.1) is 11.3 Å². The molecule has 0 radical (unpaired) electrons. The summed E-state index contributed by atoms with van der Waals surface area (Å²) in [4.78, 5) is 18.0. The van der Waals surface area contributed by atoms with Gasteiger partial charge in [0.05, 0.1) is 0 Å². The Kier molecular flexibility index (Phi) is 4.52. The van der Waals surface area contributed by atoms with Crippen LogP contribution in [0.1, 0.15) is 26.3 Å². The second-order valence-electron chi connectivity index (χ2n) is 7.47. The molecule has 0 fully saturated rings. The van der Waals surface area contributed by atoms with Crippen molar-refractivity contribution in [2.24, 2.45) is 0 Å². The van der Waals surface area contributed by atoms with Gasteiger partial charge < -0.3 is 4.42 Å². The third kappa shape index (κ3) is 3.49. The van der Waals surface area contributed by atoms with Crippen LogP contribution in [0.4, 0.5) is 0 Å². The van der Waals surface area contributed by atoms with E-state index in [1.807, 2.05) is 41.8 Å². The Hall–Kier alpha value is -2.24. The predicted octanol–water partition coefficient (Wildman–Crippen LogP) is 6.64. The first-order valence-corrected chi connectivity index (χ1v) is 10.3. The number of fused-ring (bicyclic) bond motifs is 1. The van der Waals surface area contributed by atoms with E-state index >= 15 is 0 Å². The van der Waals surface area contributed by atoms with E-state index in [0.717, 1.165) is 21.2 Å². The van der Waals surface area contributed by atoms with Gasteiger partial charge in [-0.3, -0.25) is 0 Å². The molecule has 0 saturated carbocycles. The van der Waals surface area contributed by atoms with E-state index in [4.69, 9.17) is 4.42 Å². The maximum Gasteiger partial charge on any atom is 0.348 e. The third-order valence-corrected chi connectivity index (χ3v) is 5.92. The lowest BCUT2D eigenvalue weighted by atomic mass is 9.87. The third-order valence-electron chi connectivity index (χ3n) is 4.52. The normalized spacial score (nSPS) is 11.9. The van der Waals surface area contributed by atoms with Crippen LogP contribution in [0.5, 0.6) is 0 Å². The Morgan fingerprint density at radius 2 is 1.59 bits per heavy atom. The molecule has 0 aliphatic heterocycles. The van der Waals surface area contributed by atoms with E-state index in [-0.39, 0.29) is 11.0 Å². The van der Waals surface area contributed by atoms with Crippen molar-refractivity contribution in [1.82, 2.24) is 4.98 Å². The molecule has 0 aliphatic carbocycles. The standard InChI is InChI=1S/C22H18BrNO2S/c1-22(2,3)15-8-4-14(5-9-15)19-24-20-18(21(25)26-19)17(12-27-20)13-6-10-16(23)11-7-13/h4-12H,1-3H3. The van der Waals surface area contributed by atoms with Crippen LogP contribution in [-0.4, -0.2) is 4.98 Å². The van der Waals surface area contributed by atoms with Crippen LogP contribution in [0.3, 0.4) is 0 Å². The minimum Gasteiger partial charge on any atom is -0.403 e. The highest BCUT2D eigenvalue weighted by atomic mass is 79.9. The SMILES string of the molecule is CC(C)(C)c1ccc(-c2nc3scc(-c4ccc(Br)cc4)c3c(=O)o2)cc1. The van der Waals surface area contributed by atoms with Crippen LogP contribution < -0.4 is 5.63 Å². The molecule has 2 heterocycles. The van der Waals surface area contributed by atoms with E-state index in [0.29, 0.717) is 16.1 Å².